The van der Waals surface area contributed by atoms with Gasteiger partial charge in [-0.05, 0) is 75.7 Å². The molecule has 4 heterocycles. The van der Waals surface area contributed by atoms with E-state index in [0.717, 1.165) is 49.7 Å². The molecule has 0 saturated carbocycles. The Balaban J connectivity index is 1.26. The number of hydrogen-bond donors (Lipinski definition) is 0. The number of amides is 2. The number of aromatic nitrogens is 4. The number of thioether (sulfide) groups is 1. The molecule has 3 aliphatic rings. The van der Waals surface area contributed by atoms with Gasteiger partial charge in [-0.3, -0.25) is 14.6 Å². The van der Waals surface area contributed by atoms with Gasteiger partial charge in [0.2, 0.25) is 5.91 Å². The summed E-state index contributed by atoms with van der Waals surface area (Å²) >= 11 is 1.76. The number of tetrazole rings is 1. The average molecular weight is 514 g/mol. The fourth-order valence-electron chi connectivity index (χ4n) is 5.36. The molecule has 0 unspecified atom stereocenters. The second-order valence-electron chi connectivity index (χ2n) is 10.8. The van der Waals surface area contributed by atoms with Gasteiger partial charge >= 0.3 is 6.09 Å². The molecule has 3 fully saturated rings. The van der Waals surface area contributed by atoms with Crippen molar-refractivity contribution in [2.75, 3.05) is 37.8 Å². The van der Waals surface area contributed by atoms with Crippen LogP contribution < -0.4 is 0 Å². The summed E-state index contributed by atoms with van der Waals surface area (Å²) in [5.41, 5.74) is 0.359. The Labute approximate surface area is 216 Å². The van der Waals surface area contributed by atoms with Crippen LogP contribution in [0.3, 0.4) is 0 Å². The molecule has 5 rings (SSSR count). The van der Waals surface area contributed by atoms with Gasteiger partial charge in [0, 0.05) is 30.8 Å². The molecule has 1 aromatic heterocycles. The fourth-order valence-corrected chi connectivity index (χ4v) is 6.31. The first-order chi connectivity index (χ1) is 17.3. The smallest absolute Gasteiger partial charge is 0.411 e. The topological polar surface area (TPSA) is 96.7 Å². The predicted octanol–water partition coefficient (Wildman–Crippen LogP) is 2.75. The number of rotatable bonds is 4. The van der Waals surface area contributed by atoms with E-state index in [1.165, 1.54) is 0 Å². The molecule has 2 aromatic rings. The average Bonchev–Trinajstić information content (AvgIpc) is 3.64. The molecule has 1 aromatic carbocycles. The number of carbonyl (C=O) groups is 2. The van der Waals surface area contributed by atoms with Crippen LogP contribution in [0.5, 0.6) is 0 Å². The first-order valence-electron chi connectivity index (χ1n) is 12.7. The molecular formula is C25H35N7O3S. The number of hydrogen-bond acceptors (Lipinski definition) is 8. The van der Waals surface area contributed by atoms with E-state index in [1.807, 2.05) is 60.7 Å². The molecule has 0 bridgehead atoms. The van der Waals surface area contributed by atoms with Crippen LogP contribution >= 0.6 is 11.8 Å². The minimum atomic E-state index is -0.604. The first kappa shape index (κ1) is 25.0. The zero-order valence-corrected chi connectivity index (χ0v) is 22.1. The summed E-state index contributed by atoms with van der Waals surface area (Å²) in [4.78, 5) is 32.4. The van der Waals surface area contributed by atoms with E-state index in [1.54, 1.807) is 16.7 Å². The Bertz CT molecular complexity index is 1060. The summed E-state index contributed by atoms with van der Waals surface area (Å²) < 4.78 is 7.53. The molecule has 2 amide bonds. The summed E-state index contributed by atoms with van der Waals surface area (Å²) in [5, 5.41) is 12.5. The number of piperidine rings is 1. The van der Waals surface area contributed by atoms with Crippen LogP contribution in [-0.2, 0) is 9.53 Å². The lowest BCUT2D eigenvalue weighted by Crippen LogP contribution is -2.48. The van der Waals surface area contributed by atoms with Gasteiger partial charge in [-0.2, -0.15) is 4.68 Å². The lowest BCUT2D eigenvalue weighted by molar-refractivity contribution is -0.134. The van der Waals surface area contributed by atoms with Crippen molar-refractivity contribution in [2.45, 2.75) is 63.6 Å². The molecule has 36 heavy (non-hydrogen) atoms. The van der Waals surface area contributed by atoms with Crippen molar-refractivity contribution in [3.63, 3.8) is 0 Å². The largest absolute Gasteiger partial charge is 0.444 e. The quantitative estimate of drug-likeness (QED) is 0.616. The van der Waals surface area contributed by atoms with Crippen LogP contribution in [-0.4, -0.2) is 102 Å². The van der Waals surface area contributed by atoms with Gasteiger partial charge in [0.1, 0.15) is 11.6 Å². The molecule has 0 N–H and O–H groups in total. The van der Waals surface area contributed by atoms with Crippen LogP contribution in [0.15, 0.2) is 30.3 Å². The van der Waals surface area contributed by atoms with Crippen molar-refractivity contribution >= 4 is 23.8 Å². The van der Waals surface area contributed by atoms with Gasteiger partial charge in [0.25, 0.3) is 0 Å². The van der Waals surface area contributed by atoms with Gasteiger partial charge in [-0.15, -0.1) is 16.9 Å². The summed E-state index contributed by atoms with van der Waals surface area (Å²) in [7, 11) is 0. The fraction of sp³-hybridized carbons (Fsp3) is 0.640. The van der Waals surface area contributed by atoms with E-state index in [4.69, 9.17) is 4.74 Å². The van der Waals surface area contributed by atoms with Crippen LogP contribution in [0.4, 0.5) is 4.79 Å². The third-order valence-corrected chi connectivity index (χ3v) is 8.13. The minimum Gasteiger partial charge on any atom is -0.444 e. The van der Waals surface area contributed by atoms with Crippen molar-refractivity contribution < 1.29 is 14.3 Å². The van der Waals surface area contributed by atoms with E-state index in [-0.39, 0.29) is 17.9 Å². The van der Waals surface area contributed by atoms with E-state index < -0.39 is 17.7 Å². The Morgan fingerprint density at radius 3 is 2.50 bits per heavy atom. The standard InChI is InChI=1S/C25H35N7O3S/c1-25(2,3)35-24(34)31-16-20(15-21(31)23(33)30-13-14-36-17-30)29-11-9-18(10-12-29)22-26-27-28-32(22)19-7-5-4-6-8-19/h4-8,18,20-21H,9-17H2,1-3H3/t20-,21-/m0/s1. The Morgan fingerprint density at radius 2 is 1.83 bits per heavy atom. The number of ether oxygens (including phenoxy) is 1. The van der Waals surface area contributed by atoms with Gasteiger partial charge in [-0.25, -0.2) is 4.79 Å². The maximum Gasteiger partial charge on any atom is 0.411 e. The summed E-state index contributed by atoms with van der Waals surface area (Å²) in [6.45, 7) is 8.59. The van der Waals surface area contributed by atoms with Crippen molar-refractivity contribution in [1.29, 1.82) is 0 Å². The zero-order chi connectivity index (χ0) is 25.3. The number of para-hydroxylation sites is 1. The lowest BCUT2D eigenvalue weighted by Gasteiger charge is -2.35. The van der Waals surface area contributed by atoms with Crippen LogP contribution in [0.25, 0.3) is 5.69 Å². The normalized spacial score (nSPS) is 23.9. The van der Waals surface area contributed by atoms with E-state index in [0.29, 0.717) is 18.8 Å². The second-order valence-corrected chi connectivity index (χ2v) is 11.8. The molecule has 10 nitrogen and oxygen atoms in total. The Kier molecular flexibility index (Phi) is 7.21. The second kappa shape index (κ2) is 10.4. The minimum absolute atomic E-state index is 0.0466. The van der Waals surface area contributed by atoms with Crippen molar-refractivity contribution in [2.24, 2.45) is 0 Å². The predicted molar refractivity (Wildman–Crippen MR) is 137 cm³/mol. The third-order valence-electron chi connectivity index (χ3n) is 7.16. The van der Waals surface area contributed by atoms with Gasteiger partial charge in [0.15, 0.2) is 5.82 Å². The summed E-state index contributed by atoms with van der Waals surface area (Å²) in [6, 6.07) is 9.63. The Morgan fingerprint density at radius 1 is 1.08 bits per heavy atom. The molecule has 0 radical (unpaired) electrons. The summed E-state index contributed by atoms with van der Waals surface area (Å²) in [5.74, 6) is 2.85. The number of likely N-dealkylation sites (tertiary alicyclic amines) is 2. The van der Waals surface area contributed by atoms with Gasteiger partial charge in [0.05, 0.1) is 11.6 Å². The maximum atomic E-state index is 13.4. The highest BCUT2D eigenvalue weighted by Crippen LogP contribution is 2.33. The molecule has 11 heteroatoms. The van der Waals surface area contributed by atoms with Crippen molar-refractivity contribution in [1.82, 2.24) is 34.9 Å². The van der Waals surface area contributed by atoms with E-state index in [9.17, 15) is 9.59 Å². The van der Waals surface area contributed by atoms with Crippen LogP contribution in [0.1, 0.15) is 51.8 Å². The highest BCUT2D eigenvalue weighted by atomic mass is 32.2. The monoisotopic (exact) mass is 513 g/mol. The van der Waals surface area contributed by atoms with E-state index >= 15 is 0 Å². The van der Waals surface area contributed by atoms with Crippen molar-refractivity contribution in [3.05, 3.63) is 36.2 Å². The van der Waals surface area contributed by atoms with Crippen molar-refractivity contribution in [3.8, 4) is 5.69 Å². The molecule has 3 aliphatic heterocycles. The highest BCUT2D eigenvalue weighted by molar-refractivity contribution is 7.99. The lowest BCUT2D eigenvalue weighted by atomic mass is 9.94. The molecule has 194 valence electrons. The SMILES string of the molecule is CC(C)(C)OC(=O)N1C[C@@H](N2CCC(c3nnnn3-c3ccccc3)CC2)C[C@H]1C(=O)N1CCSC1. The number of nitrogens with zero attached hydrogens (tertiary/aromatic N) is 7. The van der Waals surface area contributed by atoms with Gasteiger partial charge < -0.3 is 9.64 Å². The maximum absolute atomic E-state index is 13.4. The first-order valence-corrected chi connectivity index (χ1v) is 13.9. The van der Waals surface area contributed by atoms with E-state index in [2.05, 4.69) is 20.4 Å². The highest BCUT2D eigenvalue weighted by Gasteiger charge is 2.45. The molecule has 3 saturated heterocycles. The zero-order valence-electron chi connectivity index (χ0n) is 21.2. The number of benzene rings is 1. The van der Waals surface area contributed by atoms with Crippen LogP contribution in [0.2, 0.25) is 0 Å². The molecule has 0 aliphatic carbocycles. The third kappa shape index (κ3) is 5.36. The molecule has 2 atom stereocenters. The molecular weight excluding hydrogens is 478 g/mol. The number of carbonyl (C=O) groups excluding carboxylic acids is 2. The van der Waals surface area contributed by atoms with Gasteiger partial charge in [-0.1, -0.05) is 18.2 Å². The Hall–Kier alpha value is -2.66. The summed E-state index contributed by atoms with van der Waals surface area (Å²) in [6.07, 6.45) is 2.10. The van der Waals surface area contributed by atoms with Crippen LogP contribution in [0, 0.1) is 0 Å². The molecule has 0 spiro atoms.